The molecular formula is C28H44F6N6O5. The summed E-state index contributed by atoms with van der Waals surface area (Å²) in [5.41, 5.74) is -0.900. The maximum Gasteiger partial charge on any atom is 0.411 e. The Bertz CT molecular complexity index is 970. The molecule has 0 bridgehead atoms. The van der Waals surface area contributed by atoms with E-state index in [0.29, 0.717) is 51.5 Å². The molecule has 0 aromatic heterocycles. The van der Waals surface area contributed by atoms with E-state index >= 15 is 0 Å². The predicted molar refractivity (Wildman–Crippen MR) is 151 cm³/mol. The standard InChI is InChI=1S/C22H36N6O4.C6H8F6O/c1-27-9-7-22(16-23,8-10-27)26-19(29)18(15-17-5-3-2-4-6-17)24-20(25-21(30)31)28-11-13-32-14-12-28;7-5(8,9)1-3-13-4-2-6(10,11)12/h17-18H,2-15H2,1H3,(H,24,25)(H,26,29)(H,30,31);1-4H2. The number of amides is 2. The van der Waals surface area contributed by atoms with E-state index in [-0.39, 0.29) is 11.9 Å². The van der Waals surface area contributed by atoms with E-state index in [0.717, 1.165) is 38.8 Å². The molecule has 2 saturated heterocycles. The van der Waals surface area contributed by atoms with Crippen molar-refractivity contribution in [3.63, 3.8) is 0 Å². The Morgan fingerprint density at radius 3 is 2.07 bits per heavy atom. The van der Waals surface area contributed by atoms with Crippen molar-refractivity contribution in [1.29, 1.82) is 5.26 Å². The third-order valence-corrected chi connectivity index (χ3v) is 7.87. The first-order valence-corrected chi connectivity index (χ1v) is 15.1. The molecule has 45 heavy (non-hydrogen) atoms. The van der Waals surface area contributed by atoms with Crippen LogP contribution in [0.5, 0.6) is 0 Å². The lowest BCUT2D eigenvalue weighted by molar-refractivity contribution is -0.158. The molecule has 1 atom stereocenters. The minimum atomic E-state index is -4.38. The summed E-state index contributed by atoms with van der Waals surface area (Å²) < 4.78 is 78.0. The average Bonchev–Trinajstić information content (AvgIpc) is 2.97. The van der Waals surface area contributed by atoms with Gasteiger partial charge in [0, 0.05) is 26.2 Å². The van der Waals surface area contributed by atoms with E-state index in [1.165, 1.54) is 6.42 Å². The monoisotopic (exact) mass is 658 g/mol. The van der Waals surface area contributed by atoms with E-state index < -0.39 is 56.1 Å². The number of hydrogen-bond acceptors (Lipinski definition) is 7. The minimum absolute atomic E-state index is 0.186. The van der Waals surface area contributed by atoms with Crippen molar-refractivity contribution >= 4 is 18.0 Å². The normalized spacial score (nSPS) is 20.8. The number of aliphatic imine (C=N–C) groups is 1. The van der Waals surface area contributed by atoms with Crippen molar-refractivity contribution < 1.29 is 50.5 Å². The summed E-state index contributed by atoms with van der Waals surface area (Å²) in [4.78, 5) is 33.5. The smallest absolute Gasteiger partial charge is 0.411 e. The number of carboxylic acid groups (broad SMARTS) is 1. The van der Waals surface area contributed by atoms with Crippen molar-refractivity contribution in [3.8, 4) is 6.07 Å². The minimum Gasteiger partial charge on any atom is -0.465 e. The molecular weight excluding hydrogens is 614 g/mol. The van der Waals surface area contributed by atoms with Gasteiger partial charge in [0.15, 0.2) is 0 Å². The summed E-state index contributed by atoms with van der Waals surface area (Å²) >= 11 is 0. The van der Waals surface area contributed by atoms with Gasteiger partial charge < -0.3 is 29.7 Å². The molecule has 3 rings (SSSR count). The Kier molecular flexibility index (Phi) is 15.6. The molecule has 2 amide bonds. The lowest BCUT2D eigenvalue weighted by Gasteiger charge is -2.37. The van der Waals surface area contributed by atoms with E-state index in [2.05, 4.69) is 31.3 Å². The van der Waals surface area contributed by atoms with Gasteiger partial charge in [-0.1, -0.05) is 32.1 Å². The number of alkyl halides is 6. The first-order chi connectivity index (χ1) is 21.1. The Morgan fingerprint density at radius 1 is 1.02 bits per heavy atom. The van der Waals surface area contributed by atoms with E-state index in [9.17, 15) is 46.3 Å². The number of nitrogens with one attached hydrogen (secondary N) is 2. The number of rotatable bonds is 9. The second kappa shape index (κ2) is 18.3. The fraction of sp³-hybridized carbons (Fsp3) is 0.857. The molecule has 0 aromatic carbocycles. The van der Waals surface area contributed by atoms with Crippen LogP contribution in [0.4, 0.5) is 31.1 Å². The number of morpholine rings is 1. The molecule has 17 heteroatoms. The second-order valence-corrected chi connectivity index (χ2v) is 11.6. The molecule has 1 saturated carbocycles. The average molecular weight is 659 g/mol. The summed E-state index contributed by atoms with van der Waals surface area (Å²) in [5.74, 6) is 0.264. The van der Waals surface area contributed by atoms with Crippen LogP contribution >= 0.6 is 0 Å². The fourth-order valence-corrected chi connectivity index (χ4v) is 5.23. The number of carbonyl (C=O) groups excluding carboxylic acids is 1. The highest BCUT2D eigenvalue weighted by Crippen LogP contribution is 2.29. The molecule has 3 N–H and O–H groups in total. The van der Waals surface area contributed by atoms with Crippen LogP contribution in [-0.4, -0.2) is 116 Å². The van der Waals surface area contributed by atoms with Gasteiger partial charge >= 0.3 is 18.4 Å². The zero-order valence-electron chi connectivity index (χ0n) is 25.5. The highest BCUT2D eigenvalue weighted by Gasteiger charge is 2.38. The Hall–Kier alpha value is -2.84. The van der Waals surface area contributed by atoms with Crippen LogP contribution in [0.3, 0.4) is 0 Å². The zero-order chi connectivity index (χ0) is 33.5. The third kappa shape index (κ3) is 15.8. The fourth-order valence-electron chi connectivity index (χ4n) is 5.23. The van der Waals surface area contributed by atoms with Crippen molar-refractivity contribution in [2.45, 2.75) is 88.1 Å². The molecule has 1 aliphatic carbocycles. The molecule has 0 aromatic rings. The number of likely N-dealkylation sites (tertiary alicyclic amines) is 1. The summed E-state index contributed by atoms with van der Waals surface area (Å²) in [7, 11) is 2.01. The summed E-state index contributed by atoms with van der Waals surface area (Å²) in [5, 5.41) is 24.6. The highest BCUT2D eigenvalue weighted by atomic mass is 19.4. The van der Waals surface area contributed by atoms with Crippen LogP contribution in [0, 0.1) is 17.2 Å². The van der Waals surface area contributed by atoms with Gasteiger partial charge in [-0.25, -0.2) is 9.79 Å². The van der Waals surface area contributed by atoms with Crippen molar-refractivity contribution in [1.82, 2.24) is 20.4 Å². The second-order valence-electron chi connectivity index (χ2n) is 11.6. The van der Waals surface area contributed by atoms with E-state index in [1.807, 2.05) is 11.9 Å². The molecule has 2 heterocycles. The SMILES string of the molecule is CN1CCC(C#N)(NC(=O)C(CC2CCCCC2)N=C(NC(=O)O)N2CCOCC2)CC1.FC(F)(F)CCOCCC(F)(F)F. The zero-order valence-corrected chi connectivity index (χ0v) is 25.5. The van der Waals surface area contributed by atoms with Gasteiger partial charge in [0.25, 0.3) is 0 Å². The lowest BCUT2D eigenvalue weighted by atomic mass is 9.84. The van der Waals surface area contributed by atoms with Crippen molar-refractivity contribution in [2.75, 3.05) is 59.7 Å². The number of nitriles is 1. The number of hydrogen-bond donors (Lipinski definition) is 3. The topological polar surface area (TPSA) is 140 Å². The first kappa shape index (κ1) is 38.3. The van der Waals surface area contributed by atoms with Crippen molar-refractivity contribution in [2.24, 2.45) is 10.9 Å². The number of carbonyl (C=O) groups is 2. The van der Waals surface area contributed by atoms with Gasteiger partial charge in [-0.05, 0) is 32.2 Å². The van der Waals surface area contributed by atoms with Gasteiger partial charge in [0.2, 0.25) is 11.9 Å². The third-order valence-electron chi connectivity index (χ3n) is 7.87. The van der Waals surface area contributed by atoms with Crippen LogP contribution in [0.25, 0.3) is 0 Å². The van der Waals surface area contributed by atoms with Gasteiger partial charge in [-0.3, -0.25) is 10.1 Å². The molecule has 1 unspecified atom stereocenters. The van der Waals surface area contributed by atoms with E-state index in [4.69, 9.17) is 4.74 Å². The van der Waals surface area contributed by atoms with Crippen LogP contribution in [0.15, 0.2) is 4.99 Å². The predicted octanol–water partition coefficient (Wildman–Crippen LogP) is 4.29. The highest BCUT2D eigenvalue weighted by molar-refractivity contribution is 5.95. The largest absolute Gasteiger partial charge is 0.465 e. The number of nitrogens with zero attached hydrogens (tertiary/aromatic N) is 4. The maximum atomic E-state index is 13.4. The van der Waals surface area contributed by atoms with Crippen LogP contribution in [-0.2, 0) is 14.3 Å². The lowest BCUT2D eigenvalue weighted by Crippen LogP contribution is -2.56. The Morgan fingerprint density at radius 2 is 1.58 bits per heavy atom. The summed E-state index contributed by atoms with van der Waals surface area (Å²) in [6, 6.07) is 1.59. The summed E-state index contributed by atoms with van der Waals surface area (Å²) in [6.45, 7) is 2.00. The molecule has 0 spiro atoms. The molecule has 0 radical (unpaired) electrons. The van der Waals surface area contributed by atoms with Gasteiger partial charge in [-0.2, -0.15) is 31.6 Å². The number of halogens is 6. The number of ether oxygens (including phenoxy) is 2. The van der Waals surface area contributed by atoms with Crippen molar-refractivity contribution in [3.05, 3.63) is 0 Å². The maximum absolute atomic E-state index is 13.4. The van der Waals surface area contributed by atoms with Gasteiger partial charge in [-0.15, -0.1) is 0 Å². The van der Waals surface area contributed by atoms with Gasteiger partial charge in [0.1, 0.15) is 11.6 Å². The Labute approximate surface area is 259 Å². The number of guanidine groups is 1. The van der Waals surface area contributed by atoms with Gasteiger partial charge in [0.05, 0.1) is 45.3 Å². The molecule has 3 aliphatic rings. The summed E-state index contributed by atoms with van der Waals surface area (Å²) in [6.07, 6.45) is -5.13. The van der Waals surface area contributed by atoms with Crippen LogP contribution in [0.2, 0.25) is 0 Å². The van der Waals surface area contributed by atoms with E-state index in [1.54, 1.807) is 0 Å². The quantitative estimate of drug-likeness (QED) is 0.144. The van der Waals surface area contributed by atoms with Crippen LogP contribution < -0.4 is 10.6 Å². The molecule has 11 nitrogen and oxygen atoms in total. The number of piperidine rings is 1. The molecule has 2 aliphatic heterocycles. The Balaban J connectivity index is 0.000000459. The molecule has 258 valence electrons. The van der Waals surface area contributed by atoms with Crippen LogP contribution in [0.1, 0.15) is 64.2 Å². The first-order valence-electron chi connectivity index (χ1n) is 15.1. The molecule has 3 fully saturated rings.